The second-order valence-electron chi connectivity index (χ2n) is 8.26. The van der Waals surface area contributed by atoms with Crippen LogP contribution < -0.4 is 5.32 Å². The Morgan fingerprint density at radius 3 is 2.62 bits per heavy atom. The molecule has 0 saturated heterocycles. The van der Waals surface area contributed by atoms with Crippen LogP contribution in [-0.4, -0.2) is 23.8 Å². The predicted molar refractivity (Wildman–Crippen MR) is 81.0 cm³/mol. The second-order valence-corrected chi connectivity index (χ2v) is 8.26. The van der Waals surface area contributed by atoms with Gasteiger partial charge < -0.3 is 9.73 Å². The summed E-state index contributed by atoms with van der Waals surface area (Å²) in [6.45, 7) is 3.49. The topological polar surface area (TPSA) is 51.0 Å². The van der Waals surface area contributed by atoms with Crippen LogP contribution in [-0.2, 0) is 11.8 Å². The van der Waals surface area contributed by atoms with E-state index in [2.05, 4.69) is 22.4 Å². The standard InChI is InChI=1S/C17H27N3O/c1-16-7-12-6-13(8-16)10-17(9-12,11-16)15-20-19-14(21-15)4-3-5-18-2/h12-13,18H,3-11H2,1-2H3. The molecule has 116 valence electrons. The molecule has 4 heteroatoms. The lowest BCUT2D eigenvalue weighted by atomic mass is 9.44. The van der Waals surface area contributed by atoms with Crippen molar-refractivity contribution in [2.75, 3.05) is 13.6 Å². The zero-order valence-corrected chi connectivity index (χ0v) is 13.3. The molecule has 21 heavy (non-hydrogen) atoms. The Labute approximate surface area is 127 Å². The number of hydrogen-bond donors (Lipinski definition) is 1. The number of nitrogens with zero attached hydrogens (tertiary/aromatic N) is 2. The maximum Gasteiger partial charge on any atom is 0.222 e. The van der Waals surface area contributed by atoms with Crippen molar-refractivity contribution in [2.24, 2.45) is 17.3 Å². The smallest absolute Gasteiger partial charge is 0.222 e. The van der Waals surface area contributed by atoms with E-state index in [0.29, 0.717) is 5.41 Å². The summed E-state index contributed by atoms with van der Waals surface area (Å²) in [5, 5.41) is 12.0. The van der Waals surface area contributed by atoms with Crippen molar-refractivity contribution in [3.05, 3.63) is 11.8 Å². The number of aryl methyl sites for hydroxylation is 1. The molecule has 1 N–H and O–H groups in total. The van der Waals surface area contributed by atoms with Crippen LogP contribution in [0, 0.1) is 17.3 Å². The minimum absolute atomic E-state index is 0.215. The summed E-state index contributed by atoms with van der Waals surface area (Å²) < 4.78 is 6.11. The maximum absolute atomic E-state index is 6.11. The van der Waals surface area contributed by atoms with Crippen molar-refractivity contribution in [1.29, 1.82) is 0 Å². The van der Waals surface area contributed by atoms with Crippen LogP contribution in [0.15, 0.2) is 4.42 Å². The molecule has 4 aliphatic carbocycles. The lowest BCUT2D eigenvalue weighted by Gasteiger charge is -2.60. The molecule has 0 spiro atoms. The highest BCUT2D eigenvalue weighted by Gasteiger charge is 2.58. The van der Waals surface area contributed by atoms with Crippen LogP contribution in [0.1, 0.15) is 63.7 Å². The van der Waals surface area contributed by atoms with E-state index in [0.717, 1.165) is 43.0 Å². The summed E-state index contributed by atoms with van der Waals surface area (Å²) in [5.74, 6) is 3.59. The van der Waals surface area contributed by atoms with Gasteiger partial charge in [0.15, 0.2) is 0 Å². The first-order valence-electron chi connectivity index (χ1n) is 8.58. The van der Waals surface area contributed by atoms with Gasteiger partial charge in [-0.2, -0.15) is 0 Å². The third kappa shape index (κ3) is 2.32. The van der Waals surface area contributed by atoms with Gasteiger partial charge in [-0.1, -0.05) is 6.92 Å². The zero-order valence-electron chi connectivity index (χ0n) is 13.3. The van der Waals surface area contributed by atoms with E-state index < -0.39 is 0 Å². The van der Waals surface area contributed by atoms with Gasteiger partial charge in [-0.25, -0.2) is 0 Å². The average Bonchev–Trinajstić information content (AvgIpc) is 2.85. The van der Waals surface area contributed by atoms with Crippen LogP contribution in [0.3, 0.4) is 0 Å². The molecule has 0 amide bonds. The van der Waals surface area contributed by atoms with Crippen LogP contribution in [0.5, 0.6) is 0 Å². The van der Waals surface area contributed by atoms with Crippen molar-refractivity contribution in [2.45, 2.75) is 63.7 Å². The molecular weight excluding hydrogens is 262 g/mol. The Balaban J connectivity index is 1.55. The molecule has 5 rings (SSSR count). The van der Waals surface area contributed by atoms with E-state index in [9.17, 15) is 0 Å². The van der Waals surface area contributed by atoms with Gasteiger partial charge in [0, 0.05) is 11.8 Å². The third-order valence-electron chi connectivity index (χ3n) is 6.09. The summed E-state index contributed by atoms with van der Waals surface area (Å²) in [7, 11) is 1.98. The van der Waals surface area contributed by atoms with Gasteiger partial charge >= 0.3 is 0 Å². The van der Waals surface area contributed by atoms with E-state index in [1.54, 1.807) is 0 Å². The molecule has 2 atom stereocenters. The van der Waals surface area contributed by atoms with Gasteiger partial charge in [-0.15, -0.1) is 10.2 Å². The fraction of sp³-hybridized carbons (Fsp3) is 0.882. The number of rotatable bonds is 5. The Hall–Kier alpha value is -0.900. The quantitative estimate of drug-likeness (QED) is 0.846. The fourth-order valence-electron chi connectivity index (χ4n) is 5.96. The van der Waals surface area contributed by atoms with E-state index in [4.69, 9.17) is 4.42 Å². The first kappa shape index (κ1) is 13.7. The summed E-state index contributed by atoms with van der Waals surface area (Å²) in [6.07, 6.45) is 10.1. The fourth-order valence-corrected chi connectivity index (χ4v) is 5.96. The summed E-state index contributed by atoms with van der Waals surface area (Å²) in [5.41, 5.74) is 0.748. The van der Waals surface area contributed by atoms with Crippen molar-refractivity contribution >= 4 is 0 Å². The molecule has 2 unspecified atom stereocenters. The van der Waals surface area contributed by atoms with Crippen molar-refractivity contribution in [3.8, 4) is 0 Å². The molecule has 1 aromatic heterocycles. The number of hydrogen-bond acceptors (Lipinski definition) is 4. The lowest BCUT2D eigenvalue weighted by molar-refractivity contribution is -0.0712. The van der Waals surface area contributed by atoms with Crippen LogP contribution in [0.4, 0.5) is 0 Å². The van der Waals surface area contributed by atoms with Gasteiger partial charge in [0.1, 0.15) is 0 Å². The van der Waals surface area contributed by atoms with Gasteiger partial charge in [-0.3, -0.25) is 0 Å². The maximum atomic E-state index is 6.11. The largest absolute Gasteiger partial charge is 0.425 e. The molecule has 1 heterocycles. The highest BCUT2D eigenvalue weighted by Crippen LogP contribution is 2.65. The van der Waals surface area contributed by atoms with Gasteiger partial charge in [0.2, 0.25) is 11.8 Å². The van der Waals surface area contributed by atoms with Gasteiger partial charge in [0.05, 0.1) is 0 Å². The first-order chi connectivity index (χ1) is 10.1. The average molecular weight is 289 g/mol. The van der Waals surface area contributed by atoms with Crippen molar-refractivity contribution in [1.82, 2.24) is 15.5 Å². The van der Waals surface area contributed by atoms with Crippen LogP contribution in [0.2, 0.25) is 0 Å². The lowest BCUT2D eigenvalue weighted by Crippen LogP contribution is -2.53. The van der Waals surface area contributed by atoms with Crippen molar-refractivity contribution in [3.63, 3.8) is 0 Å². The molecule has 0 radical (unpaired) electrons. The SMILES string of the molecule is CNCCCc1nnc(C23CC4CC(CC(C)(C4)C2)C3)o1. The summed E-state index contributed by atoms with van der Waals surface area (Å²) in [6, 6.07) is 0. The monoisotopic (exact) mass is 289 g/mol. The predicted octanol–water partition coefficient (Wildman–Crippen LogP) is 3.08. The summed E-state index contributed by atoms with van der Waals surface area (Å²) >= 11 is 0. The Morgan fingerprint density at radius 1 is 1.19 bits per heavy atom. The highest BCUT2D eigenvalue weighted by atomic mass is 16.4. The molecule has 4 saturated carbocycles. The highest BCUT2D eigenvalue weighted by molar-refractivity contribution is 5.17. The normalized spacial score (nSPS) is 40.9. The minimum Gasteiger partial charge on any atom is -0.425 e. The molecule has 4 bridgehead atoms. The van der Waals surface area contributed by atoms with Crippen LogP contribution in [0.25, 0.3) is 0 Å². The zero-order chi connectivity index (χ0) is 14.5. The second kappa shape index (κ2) is 4.80. The molecule has 0 aliphatic heterocycles. The molecule has 4 aliphatic rings. The molecule has 1 aromatic rings. The Bertz CT molecular complexity index is 510. The van der Waals surface area contributed by atoms with Crippen LogP contribution >= 0.6 is 0 Å². The molecule has 4 nitrogen and oxygen atoms in total. The van der Waals surface area contributed by atoms with E-state index in [-0.39, 0.29) is 5.41 Å². The van der Waals surface area contributed by atoms with E-state index >= 15 is 0 Å². The van der Waals surface area contributed by atoms with E-state index in [1.807, 2.05) is 7.05 Å². The molecular formula is C17H27N3O. The Kier molecular flexibility index (Phi) is 3.14. The summed E-state index contributed by atoms with van der Waals surface area (Å²) in [4.78, 5) is 0. The molecule has 0 aromatic carbocycles. The van der Waals surface area contributed by atoms with Gasteiger partial charge in [0.25, 0.3) is 0 Å². The first-order valence-corrected chi connectivity index (χ1v) is 8.58. The molecule has 4 fully saturated rings. The Morgan fingerprint density at radius 2 is 1.95 bits per heavy atom. The van der Waals surface area contributed by atoms with Gasteiger partial charge in [-0.05, 0) is 75.8 Å². The number of aromatic nitrogens is 2. The van der Waals surface area contributed by atoms with E-state index in [1.165, 1.54) is 38.5 Å². The number of nitrogens with one attached hydrogen (secondary N) is 1. The van der Waals surface area contributed by atoms with Crippen molar-refractivity contribution < 1.29 is 4.42 Å². The third-order valence-corrected chi connectivity index (χ3v) is 6.09. The minimum atomic E-state index is 0.215.